The summed E-state index contributed by atoms with van der Waals surface area (Å²) in [6.07, 6.45) is -5.95. The molecule has 13 heteroatoms. The SMILES string of the molecule is COc1cccc([C@H]2OC(c3ccc(OCCCO)cc3)=N[C@@]2(CCC(=O)OC(C)(C)C)C(=O)NCc2cc(F)cc(C(F)(F)F)c2)c1. The Bertz CT molecular complexity index is 1620. The average Bonchev–Trinajstić information content (AvgIpc) is 3.43. The van der Waals surface area contributed by atoms with Crippen LogP contribution >= 0.6 is 0 Å². The second-order valence-corrected chi connectivity index (χ2v) is 12.2. The van der Waals surface area contributed by atoms with E-state index in [2.05, 4.69) is 5.32 Å². The number of nitrogens with zero attached hydrogens (tertiary/aromatic N) is 1. The Kier molecular flexibility index (Phi) is 11.4. The van der Waals surface area contributed by atoms with Crippen LogP contribution in [0.15, 0.2) is 71.7 Å². The molecule has 1 aliphatic heterocycles. The number of rotatable bonds is 13. The van der Waals surface area contributed by atoms with Crippen LogP contribution in [0.25, 0.3) is 0 Å². The molecule has 1 aliphatic rings. The minimum absolute atomic E-state index is 0.0233. The molecule has 4 rings (SSSR count). The molecule has 1 heterocycles. The molecule has 1 amide bonds. The van der Waals surface area contributed by atoms with Crippen molar-refractivity contribution >= 4 is 17.8 Å². The van der Waals surface area contributed by atoms with Crippen LogP contribution in [0, 0.1) is 5.82 Å². The lowest BCUT2D eigenvalue weighted by Crippen LogP contribution is -2.48. The monoisotopic (exact) mass is 674 g/mol. The highest BCUT2D eigenvalue weighted by Crippen LogP contribution is 2.44. The lowest BCUT2D eigenvalue weighted by Gasteiger charge is -2.31. The number of carbonyl (C=O) groups excluding carboxylic acids is 2. The number of esters is 1. The number of alkyl halides is 3. The highest BCUT2D eigenvalue weighted by Gasteiger charge is 2.53. The van der Waals surface area contributed by atoms with E-state index in [1.54, 1.807) is 69.3 Å². The highest BCUT2D eigenvalue weighted by atomic mass is 19.4. The van der Waals surface area contributed by atoms with Crippen molar-refractivity contribution in [2.24, 2.45) is 4.99 Å². The van der Waals surface area contributed by atoms with E-state index in [0.717, 1.165) is 12.1 Å². The van der Waals surface area contributed by atoms with Gasteiger partial charge in [-0.25, -0.2) is 9.38 Å². The molecule has 48 heavy (non-hydrogen) atoms. The summed E-state index contributed by atoms with van der Waals surface area (Å²) in [5.41, 5.74) is -3.02. The molecule has 3 aromatic rings. The molecule has 258 valence electrons. The maximum Gasteiger partial charge on any atom is 0.416 e. The summed E-state index contributed by atoms with van der Waals surface area (Å²) in [4.78, 5) is 32.0. The zero-order valence-corrected chi connectivity index (χ0v) is 27.0. The van der Waals surface area contributed by atoms with E-state index in [1.807, 2.05) is 0 Å². The van der Waals surface area contributed by atoms with Crippen LogP contribution in [0.2, 0.25) is 0 Å². The Labute approximate surface area is 275 Å². The van der Waals surface area contributed by atoms with E-state index in [0.29, 0.717) is 41.7 Å². The van der Waals surface area contributed by atoms with Crippen molar-refractivity contribution < 1.29 is 51.2 Å². The number of aliphatic imine (C=N–C) groups is 1. The first-order valence-electron chi connectivity index (χ1n) is 15.2. The summed E-state index contributed by atoms with van der Waals surface area (Å²) in [6, 6.07) is 15.4. The molecule has 2 N–H and O–H groups in total. The predicted octanol–water partition coefficient (Wildman–Crippen LogP) is 6.31. The third-order valence-electron chi connectivity index (χ3n) is 7.29. The van der Waals surface area contributed by atoms with Gasteiger partial charge >= 0.3 is 12.1 Å². The van der Waals surface area contributed by atoms with Gasteiger partial charge in [0.1, 0.15) is 22.9 Å². The third-order valence-corrected chi connectivity index (χ3v) is 7.29. The Morgan fingerprint density at radius 1 is 1.02 bits per heavy atom. The number of hydrogen-bond acceptors (Lipinski definition) is 8. The fourth-order valence-electron chi connectivity index (χ4n) is 5.11. The number of nitrogens with one attached hydrogen (secondary N) is 1. The van der Waals surface area contributed by atoms with Gasteiger partial charge in [-0.05, 0) is 92.9 Å². The van der Waals surface area contributed by atoms with E-state index >= 15 is 0 Å². The zero-order chi connectivity index (χ0) is 35.1. The lowest BCUT2D eigenvalue weighted by molar-refractivity contribution is -0.155. The second kappa shape index (κ2) is 15.1. The lowest BCUT2D eigenvalue weighted by atomic mass is 9.83. The summed E-state index contributed by atoms with van der Waals surface area (Å²) in [5, 5.41) is 11.6. The number of hydrogen-bond donors (Lipinski definition) is 2. The van der Waals surface area contributed by atoms with E-state index in [4.69, 9.17) is 29.0 Å². The van der Waals surface area contributed by atoms with E-state index in [1.165, 1.54) is 7.11 Å². The van der Waals surface area contributed by atoms with Crippen molar-refractivity contribution in [3.8, 4) is 11.5 Å². The van der Waals surface area contributed by atoms with Crippen molar-refractivity contribution in [2.75, 3.05) is 20.3 Å². The number of carbonyl (C=O) groups is 2. The van der Waals surface area contributed by atoms with Gasteiger partial charge in [0.15, 0.2) is 11.6 Å². The van der Waals surface area contributed by atoms with Gasteiger partial charge in [-0.2, -0.15) is 13.2 Å². The maximum atomic E-state index is 14.3. The molecular weight excluding hydrogens is 636 g/mol. The topological polar surface area (TPSA) is 116 Å². The van der Waals surface area contributed by atoms with Crippen molar-refractivity contribution in [3.05, 3.63) is 94.8 Å². The van der Waals surface area contributed by atoms with Crippen LogP contribution in [0.1, 0.15) is 68.4 Å². The summed E-state index contributed by atoms with van der Waals surface area (Å²) in [5.74, 6) is -1.44. The normalized spacial score (nSPS) is 17.7. The second-order valence-electron chi connectivity index (χ2n) is 12.2. The number of methoxy groups -OCH3 is 1. The summed E-state index contributed by atoms with van der Waals surface area (Å²) >= 11 is 0. The molecule has 0 bridgehead atoms. The van der Waals surface area contributed by atoms with Gasteiger partial charge in [-0.1, -0.05) is 12.1 Å². The molecule has 2 atom stereocenters. The molecule has 0 radical (unpaired) electrons. The van der Waals surface area contributed by atoms with Crippen molar-refractivity contribution in [1.82, 2.24) is 5.32 Å². The summed E-state index contributed by atoms with van der Waals surface area (Å²) < 4.78 is 77.2. The Morgan fingerprint density at radius 2 is 1.75 bits per heavy atom. The van der Waals surface area contributed by atoms with Crippen LogP contribution in [-0.4, -0.2) is 54.3 Å². The molecule has 0 spiro atoms. The number of ether oxygens (including phenoxy) is 4. The Balaban J connectivity index is 1.76. The van der Waals surface area contributed by atoms with Crippen LogP contribution < -0.4 is 14.8 Å². The molecule has 3 aromatic carbocycles. The molecule has 0 saturated carbocycles. The Morgan fingerprint density at radius 3 is 2.40 bits per heavy atom. The first kappa shape index (κ1) is 36.2. The quantitative estimate of drug-likeness (QED) is 0.124. The van der Waals surface area contributed by atoms with Crippen molar-refractivity contribution in [2.45, 2.75) is 70.0 Å². The largest absolute Gasteiger partial charge is 0.497 e. The van der Waals surface area contributed by atoms with Crippen molar-refractivity contribution in [1.29, 1.82) is 0 Å². The van der Waals surface area contributed by atoms with Gasteiger partial charge in [0.2, 0.25) is 5.90 Å². The number of amides is 1. The standard InChI is InChI=1S/C35H38F4N2O7/c1-33(2,3)48-29(43)13-14-34(32(44)40-21-22-17-25(35(37,38)39)20-26(36)18-22)30(24-7-5-8-28(19-24)45-4)47-31(41-34)23-9-11-27(12-10-23)46-16-6-15-42/h5,7-12,17-20,30,42H,6,13-16,21H2,1-4H3,(H,40,44)/t30-,34-/m1/s1. The first-order valence-corrected chi connectivity index (χ1v) is 15.2. The van der Waals surface area contributed by atoms with Crippen LogP contribution in [0.4, 0.5) is 17.6 Å². The van der Waals surface area contributed by atoms with Gasteiger partial charge in [0.25, 0.3) is 5.91 Å². The molecule has 0 aromatic heterocycles. The Hall–Kier alpha value is -4.65. The summed E-state index contributed by atoms with van der Waals surface area (Å²) in [7, 11) is 1.47. The molecule has 9 nitrogen and oxygen atoms in total. The van der Waals surface area contributed by atoms with Gasteiger partial charge in [-0.3, -0.25) is 9.59 Å². The fourth-order valence-corrected chi connectivity index (χ4v) is 5.11. The average molecular weight is 675 g/mol. The molecule has 0 aliphatic carbocycles. The fraction of sp³-hybridized carbons (Fsp3) is 0.400. The zero-order valence-electron chi connectivity index (χ0n) is 27.0. The summed E-state index contributed by atoms with van der Waals surface area (Å²) in [6.45, 7) is 4.91. The maximum absolute atomic E-state index is 14.3. The molecule has 0 fully saturated rings. The van der Waals surface area contributed by atoms with E-state index in [-0.39, 0.29) is 30.9 Å². The van der Waals surface area contributed by atoms with Crippen molar-refractivity contribution in [3.63, 3.8) is 0 Å². The first-order chi connectivity index (χ1) is 22.6. The van der Waals surface area contributed by atoms with E-state index < -0.39 is 53.2 Å². The minimum atomic E-state index is -4.80. The molecule has 0 saturated heterocycles. The van der Waals surface area contributed by atoms with Gasteiger partial charge in [0.05, 0.1) is 19.3 Å². The van der Waals surface area contributed by atoms with Gasteiger partial charge in [-0.15, -0.1) is 0 Å². The molecule has 0 unspecified atom stereocenters. The van der Waals surface area contributed by atoms with E-state index in [9.17, 15) is 27.2 Å². The van der Waals surface area contributed by atoms with Crippen LogP contribution in [0.3, 0.4) is 0 Å². The molecular formula is C35H38F4N2O7. The third kappa shape index (κ3) is 9.24. The minimum Gasteiger partial charge on any atom is -0.497 e. The van der Waals surface area contributed by atoms with Crippen LogP contribution in [-0.2, 0) is 31.8 Å². The van der Waals surface area contributed by atoms with Gasteiger partial charge < -0.3 is 29.4 Å². The predicted molar refractivity (Wildman–Crippen MR) is 168 cm³/mol. The highest BCUT2D eigenvalue weighted by molar-refractivity contribution is 6.01. The smallest absolute Gasteiger partial charge is 0.416 e. The van der Waals surface area contributed by atoms with Crippen LogP contribution in [0.5, 0.6) is 11.5 Å². The number of halogens is 4. The number of aliphatic hydroxyl groups is 1. The van der Waals surface area contributed by atoms with Gasteiger partial charge in [0, 0.05) is 31.6 Å². The number of benzene rings is 3. The number of aliphatic hydroxyl groups excluding tert-OH is 1.